The van der Waals surface area contributed by atoms with Crippen LogP contribution in [0.3, 0.4) is 0 Å². The van der Waals surface area contributed by atoms with E-state index >= 15 is 0 Å². The van der Waals surface area contributed by atoms with Crippen molar-refractivity contribution in [3.8, 4) is 0 Å². The van der Waals surface area contributed by atoms with Gasteiger partial charge in [0, 0.05) is 6.42 Å². The Morgan fingerprint density at radius 1 is 0.625 bits per heavy atom. The zero-order chi connectivity index (χ0) is 17.7. The number of hydrogen-bond acceptors (Lipinski definition) is 1. The normalized spacial score (nSPS) is 13.0. The first-order valence-corrected chi connectivity index (χ1v) is 8.89. The summed E-state index contributed by atoms with van der Waals surface area (Å²) in [5.74, 6) is -0.741. The van der Waals surface area contributed by atoms with Crippen molar-refractivity contribution in [1.29, 1.82) is 0 Å². The lowest BCUT2D eigenvalue weighted by molar-refractivity contribution is -0.136. The lowest BCUT2D eigenvalue weighted by Gasteiger charge is -1.87. The second-order valence-electron chi connectivity index (χ2n) is 5.35. The molecule has 0 saturated carbocycles. The molecule has 2 heteroatoms. The number of aliphatic carboxylic acids is 1. The number of rotatable bonds is 14. The molecule has 0 heterocycles. The summed E-state index contributed by atoms with van der Waals surface area (Å²) in [6.45, 7) is 2.15. The summed E-state index contributed by atoms with van der Waals surface area (Å²) in [5, 5.41) is 8.49. The number of hydrogen-bond donors (Lipinski definition) is 1. The van der Waals surface area contributed by atoms with E-state index in [1.54, 1.807) is 0 Å². The van der Waals surface area contributed by atoms with E-state index in [1.165, 1.54) is 0 Å². The van der Waals surface area contributed by atoms with E-state index < -0.39 is 5.97 Å². The van der Waals surface area contributed by atoms with E-state index in [9.17, 15) is 4.79 Å². The first-order valence-electron chi connectivity index (χ1n) is 8.89. The molecular weight excluding hydrogens is 296 g/mol. The summed E-state index contributed by atoms with van der Waals surface area (Å²) in [4.78, 5) is 10.3. The highest BCUT2D eigenvalue weighted by atomic mass is 16.4. The Morgan fingerprint density at radius 3 is 1.29 bits per heavy atom. The van der Waals surface area contributed by atoms with E-state index in [-0.39, 0.29) is 6.42 Å². The van der Waals surface area contributed by atoms with Crippen molar-refractivity contribution in [2.24, 2.45) is 0 Å². The molecule has 0 aliphatic heterocycles. The average Bonchev–Trinajstić information content (AvgIpc) is 2.56. The summed E-state index contributed by atoms with van der Waals surface area (Å²) in [5.41, 5.74) is 0. The van der Waals surface area contributed by atoms with Gasteiger partial charge in [0.2, 0.25) is 0 Å². The number of carbonyl (C=O) groups is 1. The lowest BCUT2D eigenvalue weighted by atomic mass is 10.2. The van der Waals surface area contributed by atoms with E-state index in [0.29, 0.717) is 6.42 Å². The highest BCUT2D eigenvalue weighted by molar-refractivity contribution is 5.66. The van der Waals surface area contributed by atoms with E-state index in [1.807, 2.05) is 12.2 Å². The molecule has 0 fully saturated rings. The predicted molar refractivity (Wildman–Crippen MR) is 105 cm³/mol. The van der Waals surface area contributed by atoms with Gasteiger partial charge in [0.25, 0.3) is 0 Å². The van der Waals surface area contributed by atoms with Crippen LogP contribution in [0.5, 0.6) is 0 Å². The maximum absolute atomic E-state index is 10.3. The Bertz CT molecular complexity index is 462. The Morgan fingerprint density at radius 2 is 0.958 bits per heavy atom. The third-order valence-corrected chi connectivity index (χ3v) is 3.12. The van der Waals surface area contributed by atoms with Crippen LogP contribution in [0.1, 0.15) is 58.3 Å². The molecule has 0 atom stereocenters. The van der Waals surface area contributed by atoms with Crippen molar-refractivity contribution < 1.29 is 9.90 Å². The SMILES string of the molecule is CC/C=C\C/C=C\C/C=C\C/C=C/C/C=C\C/C=C/CCC(=O)O. The molecule has 132 valence electrons. The van der Waals surface area contributed by atoms with Gasteiger partial charge in [0.15, 0.2) is 0 Å². The van der Waals surface area contributed by atoms with Crippen LogP contribution in [-0.2, 0) is 4.79 Å². The largest absolute Gasteiger partial charge is 0.481 e. The van der Waals surface area contributed by atoms with Crippen LogP contribution in [0.2, 0.25) is 0 Å². The van der Waals surface area contributed by atoms with Gasteiger partial charge in [0.05, 0.1) is 0 Å². The smallest absolute Gasteiger partial charge is 0.303 e. The van der Waals surface area contributed by atoms with E-state index in [4.69, 9.17) is 5.11 Å². The summed E-state index contributed by atoms with van der Waals surface area (Å²) in [6, 6.07) is 0. The standard InChI is InChI=1S/C22H32O2/c1-2-3-4-5-6-7-8-9-10-11-12-13-14-15-16-17-18-19-20-21-22(23)24/h3-4,6-7,9-10,12-13,15-16,18-19H,2,5,8,11,14,17,20-21H2,1H3,(H,23,24)/b4-3-,7-6-,10-9-,13-12+,16-15-,19-18+. The molecule has 0 rings (SSSR count). The maximum atomic E-state index is 10.3. The van der Waals surface area contributed by atoms with Crippen LogP contribution < -0.4 is 0 Å². The van der Waals surface area contributed by atoms with Crippen LogP contribution >= 0.6 is 0 Å². The van der Waals surface area contributed by atoms with Gasteiger partial charge in [-0.15, -0.1) is 0 Å². The van der Waals surface area contributed by atoms with Crippen molar-refractivity contribution in [3.63, 3.8) is 0 Å². The predicted octanol–water partition coefficient (Wildman–Crippen LogP) is 6.55. The Kier molecular flexibility index (Phi) is 17.3. The summed E-state index contributed by atoms with van der Waals surface area (Å²) < 4.78 is 0. The number of carboxylic acid groups (broad SMARTS) is 1. The molecule has 1 N–H and O–H groups in total. The number of carboxylic acids is 1. The third-order valence-electron chi connectivity index (χ3n) is 3.12. The fourth-order valence-corrected chi connectivity index (χ4v) is 1.85. The molecule has 0 aromatic heterocycles. The van der Waals surface area contributed by atoms with Crippen molar-refractivity contribution in [1.82, 2.24) is 0 Å². The molecule has 0 spiro atoms. The third kappa shape index (κ3) is 19.9. The van der Waals surface area contributed by atoms with Crippen molar-refractivity contribution in [2.75, 3.05) is 0 Å². The molecule has 0 unspecified atom stereocenters. The highest BCUT2D eigenvalue weighted by Gasteiger charge is 1.90. The van der Waals surface area contributed by atoms with Gasteiger partial charge in [0.1, 0.15) is 0 Å². The Balaban J connectivity index is 3.51. The van der Waals surface area contributed by atoms with Crippen molar-refractivity contribution in [3.05, 3.63) is 72.9 Å². The summed E-state index contributed by atoms with van der Waals surface area (Å²) >= 11 is 0. The van der Waals surface area contributed by atoms with Crippen LogP contribution in [0.25, 0.3) is 0 Å². The molecular formula is C22H32O2. The van der Waals surface area contributed by atoms with Crippen LogP contribution in [-0.4, -0.2) is 11.1 Å². The molecule has 0 amide bonds. The van der Waals surface area contributed by atoms with Gasteiger partial charge in [-0.1, -0.05) is 79.8 Å². The fourth-order valence-electron chi connectivity index (χ4n) is 1.85. The lowest BCUT2D eigenvalue weighted by Crippen LogP contribution is -1.91. The van der Waals surface area contributed by atoms with Crippen LogP contribution in [0.15, 0.2) is 72.9 Å². The van der Waals surface area contributed by atoms with Gasteiger partial charge in [-0.2, -0.15) is 0 Å². The Hall–Kier alpha value is -2.09. The minimum Gasteiger partial charge on any atom is -0.481 e. The number of allylic oxidation sites excluding steroid dienone is 12. The summed E-state index contributed by atoms with van der Waals surface area (Å²) in [6.07, 6.45) is 32.5. The molecule has 0 aliphatic carbocycles. The van der Waals surface area contributed by atoms with Gasteiger partial charge >= 0.3 is 5.97 Å². The maximum Gasteiger partial charge on any atom is 0.303 e. The van der Waals surface area contributed by atoms with E-state index in [2.05, 4.69) is 67.7 Å². The average molecular weight is 328 g/mol. The molecule has 2 nitrogen and oxygen atoms in total. The second kappa shape index (κ2) is 19.0. The van der Waals surface area contributed by atoms with Gasteiger partial charge in [-0.25, -0.2) is 0 Å². The topological polar surface area (TPSA) is 37.3 Å². The van der Waals surface area contributed by atoms with Crippen LogP contribution in [0, 0.1) is 0 Å². The molecule has 24 heavy (non-hydrogen) atoms. The van der Waals surface area contributed by atoms with Gasteiger partial charge in [-0.3, -0.25) is 4.79 Å². The van der Waals surface area contributed by atoms with Crippen LogP contribution in [0.4, 0.5) is 0 Å². The monoisotopic (exact) mass is 328 g/mol. The molecule has 0 bridgehead atoms. The molecule has 0 aliphatic rings. The van der Waals surface area contributed by atoms with Crippen molar-refractivity contribution in [2.45, 2.75) is 58.3 Å². The first kappa shape index (κ1) is 21.9. The zero-order valence-electron chi connectivity index (χ0n) is 14.9. The quantitative estimate of drug-likeness (QED) is 0.367. The van der Waals surface area contributed by atoms with E-state index in [0.717, 1.165) is 38.5 Å². The molecule has 0 saturated heterocycles. The van der Waals surface area contributed by atoms with Gasteiger partial charge < -0.3 is 5.11 Å². The highest BCUT2D eigenvalue weighted by Crippen LogP contribution is 1.97. The second-order valence-corrected chi connectivity index (χ2v) is 5.35. The van der Waals surface area contributed by atoms with Crippen molar-refractivity contribution >= 4 is 5.97 Å². The molecule has 0 radical (unpaired) electrons. The molecule has 0 aromatic rings. The summed E-state index contributed by atoms with van der Waals surface area (Å²) in [7, 11) is 0. The van der Waals surface area contributed by atoms with Gasteiger partial charge in [-0.05, 0) is 44.9 Å². The minimum absolute atomic E-state index is 0.210. The molecule has 0 aromatic carbocycles. The minimum atomic E-state index is -0.741. The first-order chi connectivity index (χ1) is 11.8. The fraction of sp³-hybridized carbons (Fsp3) is 0.409. The zero-order valence-corrected chi connectivity index (χ0v) is 14.9. The Labute approximate surface area is 147 Å².